The molecule has 1 aromatic rings. The van der Waals surface area contributed by atoms with Crippen LogP contribution in [0.25, 0.3) is 0 Å². The number of aliphatic hydroxyl groups is 2. The molecule has 0 spiro atoms. The number of rotatable bonds is 6. The van der Waals surface area contributed by atoms with Crippen molar-refractivity contribution in [3.63, 3.8) is 0 Å². The minimum absolute atomic E-state index is 0.332. The van der Waals surface area contributed by atoms with Gasteiger partial charge in [0.25, 0.3) is 0 Å². The number of aliphatic hydroxyl groups excluding tert-OH is 2. The van der Waals surface area contributed by atoms with Crippen LogP contribution in [0.5, 0.6) is 11.5 Å². The monoisotopic (exact) mass is 255 g/mol. The van der Waals surface area contributed by atoms with E-state index in [1.807, 2.05) is 0 Å². The molecule has 1 rings (SSSR count). The van der Waals surface area contributed by atoms with Gasteiger partial charge in [0, 0.05) is 5.56 Å². The fourth-order valence-corrected chi connectivity index (χ4v) is 1.60. The minimum Gasteiger partial charge on any atom is -0.497 e. The van der Waals surface area contributed by atoms with Crippen molar-refractivity contribution in [2.45, 2.75) is 18.6 Å². The highest BCUT2D eigenvalue weighted by molar-refractivity contribution is 5.74. The molecule has 1 aromatic carbocycles. The summed E-state index contributed by atoms with van der Waals surface area (Å²) in [5.74, 6) is 0.214. The lowest BCUT2D eigenvalue weighted by Crippen LogP contribution is -2.26. The van der Waals surface area contributed by atoms with Gasteiger partial charge < -0.3 is 25.4 Å². The Morgan fingerprint density at radius 2 is 2.00 bits per heavy atom. The Hall–Kier alpha value is -1.79. The van der Waals surface area contributed by atoms with E-state index >= 15 is 0 Å². The summed E-state index contributed by atoms with van der Waals surface area (Å²) in [5, 5.41) is 19.7. The molecule has 18 heavy (non-hydrogen) atoms. The minimum atomic E-state index is -1.29. The Labute approximate surface area is 105 Å². The van der Waals surface area contributed by atoms with Gasteiger partial charge in [-0.2, -0.15) is 0 Å². The standard InChI is InChI=1S/C12H17NO5/c1-17-7-3-4-10(18-2)8(5-7)12(16)9(14)6-11(13)15/h3-5,9,12,14,16H,6H2,1-2H3,(H2,13,15). The molecule has 0 aromatic heterocycles. The van der Waals surface area contributed by atoms with Crippen LogP contribution in [0.4, 0.5) is 0 Å². The van der Waals surface area contributed by atoms with Crippen LogP contribution in [0.3, 0.4) is 0 Å². The molecule has 0 bridgehead atoms. The van der Waals surface area contributed by atoms with Crippen molar-refractivity contribution in [3.05, 3.63) is 23.8 Å². The SMILES string of the molecule is COc1ccc(OC)c(C(O)C(O)CC(N)=O)c1. The van der Waals surface area contributed by atoms with Crippen LogP contribution in [0.2, 0.25) is 0 Å². The molecule has 2 atom stereocenters. The average molecular weight is 255 g/mol. The van der Waals surface area contributed by atoms with E-state index in [2.05, 4.69) is 0 Å². The van der Waals surface area contributed by atoms with Gasteiger partial charge in [-0.1, -0.05) is 0 Å². The van der Waals surface area contributed by atoms with E-state index in [0.29, 0.717) is 17.1 Å². The number of primary amides is 1. The zero-order valence-electron chi connectivity index (χ0n) is 10.3. The fraction of sp³-hybridized carbons (Fsp3) is 0.417. The second kappa shape index (κ2) is 6.23. The zero-order chi connectivity index (χ0) is 13.7. The molecule has 0 saturated heterocycles. The molecule has 1 amide bonds. The van der Waals surface area contributed by atoms with Gasteiger partial charge in [-0.25, -0.2) is 0 Å². The molecule has 0 saturated carbocycles. The quantitative estimate of drug-likeness (QED) is 0.662. The summed E-state index contributed by atoms with van der Waals surface area (Å²) in [5.41, 5.74) is 5.31. The summed E-state index contributed by atoms with van der Waals surface area (Å²) < 4.78 is 10.1. The Kier molecular flexibility index (Phi) is 4.94. The summed E-state index contributed by atoms with van der Waals surface area (Å²) in [6.45, 7) is 0. The van der Waals surface area contributed by atoms with E-state index in [-0.39, 0.29) is 6.42 Å². The second-order valence-electron chi connectivity index (χ2n) is 3.79. The van der Waals surface area contributed by atoms with Crippen molar-refractivity contribution < 1.29 is 24.5 Å². The van der Waals surface area contributed by atoms with Crippen LogP contribution in [-0.2, 0) is 4.79 Å². The van der Waals surface area contributed by atoms with E-state index in [4.69, 9.17) is 15.2 Å². The number of ether oxygens (including phenoxy) is 2. The second-order valence-corrected chi connectivity index (χ2v) is 3.79. The fourth-order valence-electron chi connectivity index (χ4n) is 1.60. The molecule has 100 valence electrons. The number of methoxy groups -OCH3 is 2. The van der Waals surface area contributed by atoms with Gasteiger partial charge in [-0.05, 0) is 18.2 Å². The predicted molar refractivity (Wildman–Crippen MR) is 64.3 cm³/mol. The third kappa shape index (κ3) is 3.35. The molecule has 0 aliphatic carbocycles. The van der Waals surface area contributed by atoms with Crippen molar-refractivity contribution in [2.75, 3.05) is 14.2 Å². The van der Waals surface area contributed by atoms with Crippen molar-refractivity contribution >= 4 is 5.91 Å². The van der Waals surface area contributed by atoms with Crippen LogP contribution in [0, 0.1) is 0 Å². The largest absolute Gasteiger partial charge is 0.497 e. The first-order valence-electron chi connectivity index (χ1n) is 5.36. The predicted octanol–water partition coefficient (Wildman–Crippen LogP) is -0.0265. The van der Waals surface area contributed by atoms with Gasteiger partial charge in [0.05, 0.1) is 26.7 Å². The maximum absolute atomic E-state index is 10.7. The summed E-state index contributed by atoms with van der Waals surface area (Å²) in [6.07, 6.45) is -2.90. The summed E-state index contributed by atoms with van der Waals surface area (Å²) in [4.78, 5) is 10.7. The molecule has 2 unspecified atom stereocenters. The molecule has 0 radical (unpaired) electrons. The van der Waals surface area contributed by atoms with Crippen molar-refractivity contribution in [1.29, 1.82) is 0 Å². The summed E-state index contributed by atoms with van der Waals surface area (Å²) >= 11 is 0. The van der Waals surface area contributed by atoms with E-state index in [0.717, 1.165) is 0 Å². The number of amides is 1. The first-order valence-corrected chi connectivity index (χ1v) is 5.36. The van der Waals surface area contributed by atoms with Crippen LogP contribution < -0.4 is 15.2 Å². The van der Waals surface area contributed by atoms with E-state index in [9.17, 15) is 15.0 Å². The highest BCUT2D eigenvalue weighted by Gasteiger charge is 2.23. The van der Waals surface area contributed by atoms with Crippen molar-refractivity contribution in [1.82, 2.24) is 0 Å². The van der Waals surface area contributed by atoms with Crippen LogP contribution in [0.1, 0.15) is 18.1 Å². The number of nitrogens with two attached hydrogens (primary N) is 1. The summed E-state index contributed by atoms with van der Waals surface area (Å²) in [7, 11) is 2.93. The van der Waals surface area contributed by atoms with Gasteiger partial charge in [-0.3, -0.25) is 4.79 Å². The number of hydrogen-bond donors (Lipinski definition) is 3. The number of benzene rings is 1. The van der Waals surface area contributed by atoms with Gasteiger partial charge in [-0.15, -0.1) is 0 Å². The highest BCUT2D eigenvalue weighted by Crippen LogP contribution is 2.31. The Balaban J connectivity index is 3.01. The van der Waals surface area contributed by atoms with E-state index in [1.54, 1.807) is 12.1 Å². The van der Waals surface area contributed by atoms with Crippen molar-refractivity contribution in [3.8, 4) is 11.5 Å². The molecule has 0 aliphatic rings. The van der Waals surface area contributed by atoms with Crippen molar-refractivity contribution in [2.24, 2.45) is 5.73 Å². The number of carbonyl (C=O) groups is 1. The first-order chi connectivity index (χ1) is 8.49. The van der Waals surface area contributed by atoms with Crippen LogP contribution in [0.15, 0.2) is 18.2 Å². The molecular weight excluding hydrogens is 238 g/mol. The lowest BCUT2D eigenvalue weighted by molar-refractivity contribution is -0.121. The van der Waals surface area contributed by atoms with Gasteiger partial charge >= 0.3 is 0 Å². The van der Waals surface area contributed by atoms with Gasteiger partial charge in [0.2, 0.25) is 5.91 Å². The van der Waals surface area contributed by atoms with Gasteiger partial charge in [0.15, 0.2) is 0 Å². The Morgan fingerprint density at radius 3 is 2.50 bits per heavy atom. The summed E-state index contributed by atoms with van der Waals surface area (Å²) in [6, 6.07) is 4.80. The van der Waals surface area contributed by atoms with Gasteiger partial charge in [0.1, 0.15) is 17.6 Å². The molecular formula is C12H17NO5. The normalized spacial score (nSPS) is 13.8. The Morgan fingerprint density at radius 1 is 1.33 bits per heavy atom. The molecule has 4 N–H and O–H groups in total. The molecule has 6 heteroatoms. The van der Waals surface area contributed by atoms with E-state index in [1.165, 1.54) is 20.3 Å². The topological polar surface area (TPSA) is 102 Å². The van der Waals surface area contributed by atoms with E-state index < -0.39 is 18.1 Å². The first kappa shape index (κ1) is 14.3. The maximum atomic E-state index is 10.7. The third-order valence-corrected chi connectivity index (χ3v) is 2.53. The lowest BCUT2D eigenvalue weighted by Gasteiger charge is -2.19. The molecule has 6 nitrogen and oxygen atoms in total. The highest BCUT2D eigenvalue weighted by atomic mass is 16.5. The Bertz CT molecular complexity index is 421. The zero-order valence-corrected chi connectivity index (χ0v) is 10.3. The smallest absolute Gasteiger partial charge is 0.220 e. The van der Waals surface area contributed by atoms with Crippen LogP contribution in [-0.4, -0.2) is 36.4 Å². The third-order valence-electron chi connectivity index (χ3n) is 2.53. The lowest BCUT2D eigenvalue weighted by atomic mass is 10.0. The molecule has 0 heterocycles. The molecule has 0 fully saturated rings. The number of hydrogen-bond acceptors (Lipinski definition) is 5. The molecule has 0 aliphatic heterocycles. The maximum Gasteiger partial charge on any atom is 0.220 e. The van der Waals surface area contributed by atoms with Crippen LogP contribution >= 0.6 is 0 Å². The number of carbonyl (C=O) groups excluding carboxylic acids is 1. The average Bonchev–Trinajstić information content (AvgIpc) is 2.36.